The van der Waals surface area contributed by atoms with Gasteiger partial charge in [-0.05, 0) is 79.7 Å². The van der Waals surface area contributed by atoms with Gasteiger partial charge in [0, 0.05) is 5.69 Å². The van der Waals surface area contributed by atoms with Gasteiger partial charge in [-0.25, -0.2) is 0 Å². The molecule has 0 radical (unpaired) electrons. The van der Waals surface area contributed by atoms with Gasteiger partial charge in [0.15, 0.2) is 0 Å². The highest BCUT2D eigenvalue weighted by Gasteiger charge is 2.44. The first-order chi connectivity index (χ1) is 20.1. The molecule has 41 heavy (non-hydrogen) atoms. The molecule has 0 spiro atoms. The molecule has 2 N–H and O–H groups in total. The van der Waals surface area contributed by atoms with Gasteiger partial charge in [-0.15, -0.1) is 0 Å². The first-order valence-electron chi connectivity index (χ1n) is 14.1. The Morgan fingerprint density at radius 2 is 1.22 bits per heavy atom. The first-order valence-corrected chi connectivity index (χ1v) is 14.1. The van der Waals surface area contributed by atoms with Crippen LogP contribution in [0.1, 0.15) is 6.92 Å². The molecule has 2 aliphatic rings. The summed E-state index contributed by atoms with van der Waals surface area (Å²) in [6, 6.07) is 41.7. The van der Waals surface area contributed by atoms with Crippen LogP contribution in [0.5, 0.6) is 0 Å². The van der Waals surface area contributed by atoms with Gasteiger partial charge in [0.2, 0.25) is 0 Å². The van der Waals surface area contributed by atoms with Gasteiger partial charge in [0.1, 0.15) is 17.5 Å². The zero-order chi connectivity index (χ0) is 27.6. The van der Waals surface area contributed by atoms with Gasteiger partial charge in [-0.1, -0.05) is 121 Å². The Balaban J connectivity index is 1.34. The standard InChI is InChI=1S/C38H29N3/c1-25-40-35-19-8-9-24-38(35,39)41(25)28-22-20-27(21-23-28)36-31-14-4-6-16-33(31)37(34-17-7-5-15-32(34)36)30-18-10-12-26-11-2-3-13-29(26)30/h2-24,35H,39H2,1H3. The minimum Gasteiger partial charge on any atom is -0.306 e. The minimum atomic E-state index is -0.681. The Kier molecular flexibility index (Phi) is 5.25. The van der Waals surface area contributed by atoms with Crippen molar-refractivity contribution in [3.05, 3.63) is 140 Å². The summed E-state index contributed by atoms with van der Waals surface area (Å²) in [5.74, 6) is 0.928. The first kappa shape index (κ1) is 23.9. The Morgan fingerprint density at radius 1 is 0.634 bits per heavy atom. The van der Waals surface area contributed by atoms with Crippen LogP contribution < -0.4 is 10.6 Å². The van der Waals surface area contributed by atoms with Crippen molar-refractivity contribution in [1.29, 1.82) is 0 Å². The van der Waals surface area contributed by atoms with Gasteiger partial charge in [-0.3, -0.25) is 4.99 Å². The highest BCUT2D eigenvalue weighted by molar-refractivity contribution is 6.23. The summed E-state index contributed by atoms with van der Waals surface area (Å²) in [5.41, 5.74) is 12.3. The topological polar surface area (TPSA) is 41.6 Å². The number of amidine groups is 1. The molecule has 8 rings (SSSR count). The van der Waals surface area contributed by atoms with Crippen LogP contribution >= 0.6 is 0 Å². The monoisotopic (exact) mass is 527 g/mol. The van der Waals surface area contributed by atoms with Crippen LogP contribution in [0.25, 0.3) is 54.6 Å². The van der Waals surface area contributed by atoms with E-state index in [2.05, 4.69) is 132 Å². The third-order valence-corrected chi connectivity index (χ3v) is 8.68. The van der Waals surface area contributed by atoms with Crippen molar-refractivity contribution in [2.45, 2.75) is 18.6 Å². The number of allylic oxidation sites excluding steroid dienone is 2. The van der Waals surface area contributed by atoms with Crippen LogP contribution in [0.2, 0.25) is 0 Å². The molecule has 6 aromatic carbocycles. The molecule has 1 aliphatic heterocycles. The second-order valence-corrected chi connectivity index (χ2v) is 11.0. The predicted octanol–water partition coefficient (Wildman–Crippen LogP) is 8.87. The Bertz CT molecular complexity index is 2020. The van der Waals surface area contributed by atoms with Gasteiger partial charge >= 0.3 is 0 Å². The normalized spacial score (nSPS) is 19.7. The van der Waals surface area contributed by atoms with E-state index in [1.54, 1.807) is 0 Å². The number of anilines is 1. The lowest BCUT2D eigenvalue weighted by atomic mass is 9.84. The number of hydrogen-bond acceptors (Lipinski definition) is 3. The van der Waals surface area contributed by atoms with E-state index in [1.165, 1.54) is 54.6 Å². The lowest BCUT2D eigenvalue weighted by Crippen LogP contribution is -2.59. The van der Waals surface area contributed by atoms with Crippen LogP contribution in [-0.4, -0.2) is 17.5 Å². The summed E-state index contributed by atoms with van der Waals surface area (Å²) < 4.78 is 0. The quantitative estimate of drug-likeness (QED) is 0.234. The van der Waals surface area contributed by atoms with Crippen molar-refractivity contribution in [3.63, 3.8) is 0 Å². The molecule has 3 nitrogen and oxygen atoms in total. The van der Waals surface area contributed by atoms with Crippen molar-refractivity contribution in [2.75, 3.05) is 4.90 Å². The average molecular weight is 528 g/mol. The molecular weight excluding hydrogens is 498 g/mol. The molecule has 0 amide bonds. The van der Waals surface area contributed by atoms with Crippen LogP contribution in [0, 0.1) is 0 Å². The second kappa shape index (κ2) is 9.02. The summed E-state index contributed by atoms with van der Waals surface area (Å²) in [4.78, 5) is 7.00. The van der Waals surface area contributed by atoms with Crippen LogP contribution in [0.3, 0.4) is 0 Å². The molecule has 0 fully saturated rings. The van der Waals surface area contributed by atoms with Crippen molar-refractivity contribution in [2.24, 2.45) is 10.7 Å². The Labute approximate surface area is 239 Å². The number of rotatable bonds is 3. The number of fused-ring (bicyclic) bond motifs is 4. The van der Waals surface area contributed by atoms with Crippen molar-refractivity contribution in [3.8, 4) is 22.3 Å². The maximum Gasteiger partial charge on any atom is 0.140 e. The molecule has 2 unspecified atom stereocenters. The van der Waals surface area contributed by atoms with Gasteiger partial charge in [0.25, 0.3) is 0 Å². The molecule has 2 atom stereocenters. The van der Waals surface area contributed by atoms with E-state index in [0.29, 0.717) is 0 Å². The Morgan fingerprint density at radius 3 is 1.90 bits per heavy atom. The van der Waals surface area contributed by atoms with E-state index in [-0.39, 0.29) is 6.04 Å². The summed E-state index contributed by atoms with van der Waals surface area (Å²) in [6.45, 7) is 2.04. The Hall–Kier alpha value is -4.99. The van der Waals surface area contributed by atoms with Crippen molar-refractivity contribution in [1.82, 2.24) is 0 Å². The summed E-state index contributed by atoms with van der Waals surface area (Å²) in [5, 5.41) is 7.53. The third kappa shape index (κ3) is 3.53. The van der Waals surface area contributed by atoms with Crippen molar-refractivity contribution >= 4 is 43.8 Å². The highest BCUT2D eigenvalue weighted by atomic mass is 15.4. The van der Waals surface area contributed by atoms with Gasteiger partial charge in [0.05, 0.1) is 0 Å². The van der Waals surface area contributed by atoms with Gasteiger partial charge in [-0.2, -0.15) is 0 Å². The molecular formula is C38H29N3. The van der Waals surface area contributed by atoms with Crippen LogP contribution in [0.15, 0.2) is 145 Å². The number of nitrogens with zero attached hydrogens (tertiary/aromatic N) is 2. The van der Waals surface area contributed by atoms with E-state index in [4.69, 9.17) is 10.7 Å². The summed E-state index contributed by atoms with van der Waals surface area (Å²) >= 11 is 0. The molecule has 6 aromatic rings. The molecule has 1 heterocycles. The average Bonchev–Trinajstić information content (AvgIpc) is 3.29. The number of aliphatic imine (C=N–C) groups is 1. The van der Waals surface area contributed by atoms with E-state index in [1.807, 2.05) is 19.1 Å². The number of benzene rings is 6. The third-order valence-electron chi connectivity index (χ3n) is 8.68. The maximum atomic E-state index is 6.91. The SMILES string of the molecule is CC1=NC2C=CC=CC2(N)N1c1ccc(-c2c3ccccc3c(-c3cccc4ccccc34)c3ccccc23)cc1. The molecule has 0 aromatic heterocycles. The minimum absolute atomic E-state index is 0.0818. The fourth-order valence-electron chi connectivity index (χ4n) is 6.88. The zero-order valence-corrected chi connectivity index (χ0v) is 22.8. The predicted molar refractivity (Wildman–Crippen MR) is 174 cm³/mol. The zero-order valence-electron chi connectivity index (χ0n) is 22.8. The van der Waals surface area contributed by atoms with E-state index in [9.17, 15) is 0 Å². The van der Waals surface area contributed by atoms with Gasteiger partial charge < -0.3 is 10.6 Å². The summed E-state index contributed by atoms with van der Waals surface area (Å²) in [6.07, 6.45) is 8.17. The molecule has 0 saturated carbocycles. The van der Waals surface area contributed by atoms with Crippen molar-refractivity contribution < 1.29 is 0 Å². The fourth-order valence-corrected chi connectivity index (χ4v) is 6.88. The van der Waals surface area contributed by atoms with Crippen LogP contribution in [0.4, 0.5) is 5.69 Å². The lowest BCUT2D eigenvalue weighted by molar-refractivity contribution is 0.518. The fraction of sp³-hybridized carbons (Fsp3) is 0.0789. The maximum absolute atomic E-state index is 6.91. The largest absolute Gasteiger partial charge is 0.306 e. The van der Waals surface area contributed by atoms with E-state index >= 15 is 0 Å². The molecule has 1 aliphatic carbocycles. The molecule has 0 bridgehead atoms. The summed E-state index contributed by atoms with van der Waals surface area (Å²) in [7, 11) is 0. The lowest BCUT2D eigenvalue weighted by Gasteiger charge is -2.37. The molecule has 3 heteroatoms. The smallest absolute Gasteiger partial charge is 0.140 e. The highest BCUT2D eigenvalue weighted by Crippen LogP contribution is 2.45. The van der Waals surface area contributed by atoms with E-state index < -0.39 is 5.66 Å². The number of nitrogens with two attached hydrogens (primary N) is 1. The van der Waals surface area contributed by atoms with Crippen LogP contribution in [-0.2, 0) is 0 Å². The second-order valence-electron chi connectivity index (χ2n) is 11.0. The molecule has 196 valence electrons. The molecule has 0 saturated heterocycles. The number of hydrogen-bond donors (Lipinski definition) is 1. The van der Waals surface area contributed by atoms with E-state index in [0.717, 1.165) is 11.5 Å².